The Hall–Kier alpha value is -1.33. The van der Waals surface area contributed by atoms with Crippen LogP contribution in [0.2, 0.25) is 0 Å². The van der Waals surface area contributed by atoms with Crippen LogP contribution >= 0.6 is 22.6 Å². The molecule has 0 aliphatic carbocycles. The molecule has 1 aliphatic heterocycles. The Kier molecular flexibility index (Phi) is 3.57. The standard InChI is InChI=1S/C13H14IN5/c14-4-3-10-8-17-19-12(15)6-11(18-13(10)19)9-2-1-5-16-7-9/h6,8-9,16H,1-2,5,7,15H2. The van der Waals surface area contributed by atoms with E-state index in [1.54, 1.807) is 10.7 Å². The van der Waals surface area contributed by atoms with E-state index in [1.165, 1.54) is 6.42 Å². The topological polar surface area (TPSA) is 68.2 Å². The molecule has 3 N–H and O–H groups in total. The predicted molar refractivity (Wildman–Crippen MR) is 83.1 cm³/mol. The molecule has 0 spiro atoms. The summed E-state index contributed by atoms with van der Waals surface area (Å²) in [5.74, 6) is 4.05. The molecule has 1 saturated heterocycles. The zero-order valence-corrected chi connectivity index (χ0v) is 12.5. The quantitative estimate of drug-likeness (QED) is 0.593. The van der Waals surface area contributed by atoms with E-state index in [-0.39, 0.29) is 0 Å². The van der Waals surface area contributed by atoms with Gasteiger partial charge in [-0.05, 0) is 29.2 Å². The van der Waals surface area contributed by atoms with E-state index in [4.69, 9.17) is 10.7 Å². The monoisotopic (exact) mass is 367 g/mol. The number of fused-ring (bicyclic) bond motifs is 1. The Labute approximate surface area is 125 Å². The minimum Gasteiger partial charge on any atom is -0.384 e. The number of nitrogens with zero attached hydrogens (tertiary/aromatic N) is 3. The SMILES string of the molecule is Nc1cc(C2CCCNC2)nc2c(C#CI)cnn12. The maximum Gasteiger partial charge on any atom is 0.173 e. The summed E-state index contributed by atoms with van der Waals surface area (Å²) in [5, 5.41) is 7.63. The molecule has 3 rings (SSSR count). The number of hydrogen-bond acceptors (Lipinski definition) is 4. The number of hydrogen-bond donors (Lipinski definition) is 2. The van der Waals surface area contributed by atoms with Crippen LogP contribution in [0.5, 0.6) is 0 Å². The minimum absolute atomic E-state index is 0.427. The number of nitrogens with one attached hydrogen (secondary N) is 1. The number of aromatic nitrogens is 3. The zero-order chi connectivity index (χ0) is 13.2. The van der Waals surface area contributed by atoms with Gasteiger partial charge in [0.1, 0.15) is 5.82 Å². The summed E-state index contributed by atoms with van der Waals surface area (Å²) in [6.07, 6.45) is 4.04. The molecule has 0 bridgehead atoms. The van der Waals surface area contributed by atoms with Gasteiger partial charge in [-0.1, -0.05) is 0 Å². The number of nitrogen functional groups attached to an aromatic ring is 1. The van der Waals surface area contributed by atoms with Crippen molar-refractivity contribution < 1.29 is 0 Å². The molecule has 3 heterocycles. The van der Waals surface area contributed by atoms with E-state index < -0.39 is 0 Å². The molecule has 1 aliphatic rings. The summed E-state index contributed by atoms with van der Waals surface area (Å²) in [4.78, 5) is 4.71. The highest BCUT2D eigenvalue weighted by Gasteiger charge is 2.19. The van der Waals surface area contributed by atoms with Gasteiger partial charge in [0.05, 0.1) is 17.5 Å². The van der Waals surface area contributed by atoms with Crippen LogP contribution in [0.3, 0.4) is 0 Å². The van der Waals surface area contributed by atoms with Crippen LogP contribution in [0.15, 0.2) is 12.3 Å². The highest BCUT2D eigenvalue weighted by molar-refractivity contribution is 14.1. The Morgan fingerprint density at radius 1 is 1.53 bits per heavy atom. The number of anilines is 1. The molecule has 1 fully saturated rings. The lowest BCUT2D eigenvalue weighted by Crippen LogP contribution is -2.29. The highest BCUT2D eigenvalue weighted by Crippen LogP contribution is 2.24. The van der Waals surface area contributed by atoms with Crippen molar-refractivity contribution in [3.8, 4) is 9.85 Å². The summed E-state index contributed by atoms with van der Waals surface area (Å²) in [7, 11) is 0. The van der Waals surface area contributed by atoms with Gasteiger partial charge in [-0.2, -0.15) is 9.61 Å². The lowest BCUT2D eigenvalue weighted by atomic mass is 9.96. The molecule has 19 heavy (non-hydrogen) atoms. The Balaban J connectivity index is 2.09. The second-order valence-corrected chi connectivity index (χ2v) is 5.20. The van der Waals surface area contributed by atoms with E-state index in [1.807, 2.05) is 28.7 Å². The fourth-order valence-electron chi connectivity index (χ4n) is 2.46. The smallest absolute Gasteiger partial charge is 0.173 e. The molecule has 0 saturated carbocycles. The molecule has 0 amide bonds. The van der Waals surface area contributed by atoms with Crippen molar-refractivity contribution in [2.75, 3.05) is 18.8 Å². The van der Waals surface area contributed by atoms with Crippen molar-refractivity contribution in [3.05, 3.63) is 23.5 Å². The molecule has 6 heteroatoms. The molecule has 1 unspecified atom stereocenters. The average Bonchev–Trinajstić information content (AvgIpc) is 2.84. The Morgan fingerprint density at radius 2 is 2.42 bits per heavy atom. The number of halogens is 1. The molecule has 5 nitrogen and oxygen atoms in total. The van der Waals surface area contributed by atoms with Gasteiger partial charge >= 0.3 is 0 Å². The summed E-state index contributed by atoms with van der Waals surface area (Å²) >= 11 is 2.01. The van der Waals surface area contributed by atoms with Crippen LogP contribution in [0.4, 0.5) is 5.82 Å². The van der Waals surface area contributed by atoms with E-state index in [0.29, 0.717) is 11.7 Å². The number of nitrogens with two attached hydrogens (primary N) is 1. The van der Waals surface area contributed by atoms with Crippen LogP contribution in [0.25, 0.3) is 5.65 Å². The van der Waals surface area contributed by atoms with Gasteiger partial charge in [-0.15, -0.1) is 0 Å². The second kappa shape index (κ2) is 5.35. The van der Waals surface area contributed by atoms with Crippen molar-refractivity contribution >= 4 is 34.1 Å². The molecular formula is C13H14IN5. The lowest BCUT2D eigenvalue weighted by molar-refractivity contribution is 0.455. The van der Waals surface area contributed by atoms with Crippen molar-refractivity contribution in [2.24, 2.45) is 0 Å². The van der Waals surface area contributed by atoms with E-state index in [0.717, 1.165) is 36.4 Å². The molecule has 98 valence electrons. The van der Waals surface area contributed by atoms with Crippen molar-refractivity contribution in [2.45, 2.75) is 18.8 Å². The average molecular weight is 367 g/mol. The molecular weight excluding hydrogens is 353 g/mol. The van der Waals surface area contributed by atoms with E-state index >= 15 is 0 Å². The third kappa shape index (κ3) is 2.40. The molecule has 1 atom stereocenters. The number of piperidine rings is 1. The summed E-state index contributed by atoms with van der Waals surface area (Å²) < 4.78 is 4.50. The van der Waals surface area contributed by atoms with Gasteiger partial charge in [0.2, 0.25) is 0 Å². The molecule has 2 aromatic rings. The zero-order valence-electron chi connectivity index (χ0n) is 10.4. The van der Waals surface area contributed by atoms with Gasteiger partial charge in [-0.25, -0.2) is 4.98 Å². The maximum absolute atomic E-state index is 6.06. The van der Waals surface area contributed by atoms with Crippen molar-refractivity contribution in [1.82, 2.24) is 19.9 Å². The summed E-state index contributed by atoms with van der Waals surface area (Å²) in [6, 6.07) is 1.93. The summed E-state index contributed by atoms with van der Waals surface area (Å²) in [5.41, 5.74) is 8.68. The van der Waals surface area contributed by atoms with E-state index in [2.05, 4.69) is 20.3 Å². The van der Waals surface area contributed by atoms with Crippen molar-refractivity contribution in [3.63, 3.8) is 0 Å². The lowest BCUT2D eigenvalue weighted by Gasteiger charge is -2.22. The van der Waals surface area contributed by atoms with Crippen LogP contribution in [0.1, 0.15) is 30.0 Å². The van der Waals surface area contributed by atoms with Gasteiger partial charge in [0.25, 0.3) is 0 Å². The van der Waals surface area contributed by atoms with Gasteiger partial charge in [-0.3, -0.25) is 0 Å². The first-order valence-corrected chi connectivity index (χ1v) is 7.34. The molecule has 2 aromatic heterocycles. The predicted octanol–water partition coefficient (Wildman–Crippen LogP) is 1.52. The Morgan fingerprint density at radius 3 is 3.16 bits per heavy atom. The van der Waals surface area contributed by atoms with Gasteiger partial charge < -0.3 is 11.1 Å². The van der Waals surface area contributed by atoms with Gasteiger partial charge in [0.15, 0.2) is 5.65 Å². The first-order valence-electron chi connectivity index (χ1n) is 6.26. The van der Waals surface area contributed by atoms with E-state index in [9.17, 15) is 0 Å². The fourth-order valence-corrected chi connectivity index (χ4v) is 2.75. The molecule has 0 radical (unpaired) electrons. The van der Waals surface area contributed by atoms with Crippen LogP contribution < -0.4 is 11.1 Å². The first kappa shape index (κ1) is 12.7. The first-order chi connectivity index (χ1) is 9.29. The largest absolute Gasteiger partial charge is 0.384 e. The normalized spacial score (nSPS) is 19.1. The van der Waals surface area contributed by atoms with Crippen LogP contribution in [0, 0.1) is 9.85 Å². The Bertz CT molecular complexity index is 661. The van der Waals surface area contributed by atoms with Gasteiger partial charge in [0, 0.05) is 41.1 Å². The highest BCUT2D eigenvalue weighted by atomic mass is 127. The minimum atomic E-state index is 0.427. The van der Waals surface area contributed by atoms with Crippen LogP contribution in [-0.4, -0.2) is 27.7 Å². The third-order valence-electron chi connectivity index (χ3n) is 3.42. The third-order valence-corrected chi connectivity index (χ3v) is 3.69. The van der Waals surface area contributed by atoms with Crippen LogP contribution in [-0.2, 0) is 0 Å². The fraction of sp³-hybridized carbons (Fsp3) is 0.385. The number of rotatable bonds is 1. The second-order valence-electron chi connectivity index (χ2n) is 4.66. The summed E-state index contributed by atoms with van der Waals surface area (Å²) in [6.45, 7) is 2.05. The molecule has 0 aromatic carbocycles. The van der Waals surface area contributed by atoms with Crippen molar-refractivity contribution in [1.29, 1.82) is 0 Å². The maximum atomic E-state index is 6.06.